The molecule has 0 atom stereocenters. The average Bonchev–Trinajstić information content (AvgIpc) is 2.93. The fraction of sp³-hybridized carbons (Fsp3) is 0.333. The molecule has 6 nitrogen and oxygen atoms in total. The Bertz CT molecular complexity index is 657. The van der Waals surface area contributed by atoms with E-state index in [2.05, 4.69) is 5.10 Å². The van der Waals surface area contributed by atoms with Crippen molar-refractivity contribution < 1.29 is 9.47 Å². The average molecular weight is 247 g/mol. The molecule has 0 spiro atoms. The highest BCUT2D eigenvalue weighted by Gasteiger charge is 2.16. The summed E-state index contributed by atoms with van der Waals surface area (Å²) < 4.78 is 13.5. The van der Waals surface area contributed by atoms with Crippen molar-refractivity contribution in [2.45, 2.75) is 20.4 Å². The number of nitrogens with zero attached hydrogens (tertiary/aromatic N) is 3. The zero-order valence-electron chi connectivity index (χ0n) is 10.2. The second-order valence-electron chi connectivity index (χ2n) is 4.02. The number of aromatic nitrogens is 3. The lowest BCUT2D eigenvalue weighted by atomic mass is 10.2. The molecule has 1 aliphatic rings. The Labute approximate surface area is 103 Å². The summed E-state index contributed by atoms with van der Waals surface area (Å²) >= 11 is 0. The first-order valence-electron chi connectivity index (χ1n) is 5.77. The first kappa shape index (κ1) is 10.9. The molecule has 2 heterocycles. The number of hydrogen-bond acceptors (Lipinski definition) is 4. The van der Waals surface area contributed by atoms with Gasteiger partial charge in [0.05, 0.1) is 5.69 Å². The van der Waals surface area contributed by atoms with Crippen molar-refractivity contribution in [3.8, 4) is 17.2 Å². The quantitative estimate of drug-likeness (QED) is 0.797. The van der Waals surface area contributed by atoms with E-state index in [1.54, 1.807) is 23.6 Å². The molecule has 1 aromatic heterocycles. The first-order valence-corrected chi connectivity index (χ1v) is 5.77. The van der Waals surface area contributed by atoms with Gasteiger partial charge in [0, 0.05) is 12.6 Å². The summed E-state index contributed by atoms with van der Waals surface area (Å²) in [5, 5.41) is 4.19. The Kier molecular flexibility index (Phi) is 2.36. The van der Waals surface area contributed by atoms with Gasteiger partial charge in [-0.15, -0.1) is 0 Å². The van der Waals surface area contributed by atoms with E-state index in [0.29, 0.717) is 23.9 Å². The summed E-state index contributed by atoms with van der Waals surface area (Å²) in [5.74, 6) is 2.01. The van der Waals surface area contributed by atoms with Gasteiger partial charge in [0.2, 0.25) is 6.79 Å². The van der Waals surface area contributed by atoms with Crippen LogP contribution in [0.3, 0.4) is 0 Å². The lowest BCUT2D eigenvalue weighted by molar-refractivity contribution is 0.174. The maximum Gasteiger partial charge on any atom is 0.350 e. The van der Waals surface area contributed by atoms with Crippen LogP contribution in [0.15, 0.2) is 23.0 Å². The summed E-state index contributed by atoms with van der Waals surface area (Å²) in [7, 11) is 0. The van der Waals surface area contributed by atoms with Gasteiger partial charge in [-0.3, -0.25) is 0 Å². The first-order chi connectivity index (χ1) is 8.70. The highest BCUT2D eigenvalue weighted by Crippen LogP contribution is 2.33. The van der Waals surface area contributed by atoms with Crippen LogP contribution in [-0.2, 0) is 6.54 Å². The number of fused-ring (bicyclic) bond motifs is 1. The van der Waals surface area contributed by atoms with Crippen LogP contribution in [-0.4, -0.2) is 21.1 Å². The van der Waals surface area contributed by atoms with Crippen molar-refractivity contribution in [1.82, 2.24) is 14.3 Å². The van der Waals surface area contributed by atoms with Gasteiger partial charge in [0.25, 0.3) is 0 Å². The minimum absolute atomic E-state index is 0.145. The van der Waals surface area contributed by atoms with E-state index in [1.807, 2.05) is 13.0 Å². The van der Waals surface area contributed by atoms with Gasteiger partial charge in [-0.05, 0) is 26.0 Å². The Morgan fingerprint density at radius 1 is 1.33 bits per heavy atom. The normalized spacial score (nSPS) is 13.0. The Morgan fingerprint density at radius 2 is 2.11 bits per heavy atom. The predicted molar refractivity (Wildman–Crippen MR) is 64.4 cm³/mol. The van der Waals surface area contributed by atoms with E-state index < -0.39 is 0 Å². The van der Waals surface area contributed by atoms with Crippen molar-refractivity contribution >= 4 is 0 Å². The summed E-state index contributed by atoms with van der Waals surface area (Å²) in [4.78, 5) is 12.1. The molecule has 0 aliphatic carbocycles. The lowest BCUT2D eigenvalue weighted by Crippen LogP contribution is -2.23. The van der Waals surface area contributed by atoms with Crippen molar-refractivity contribution in [3.63, 3.8) is 0 Å². The van der Waals surface area contributed by atoms with Gasteiger partial charge in [-0.2, -0.15) is 5.10 Å². The zero-order valence-corrected chi connectivity index (χ0v) is 10.2. The minimum Gasteiger partial charge on any atom is -0.454 e. The molecule has 18 heavy (non-hydrogen) atoms. The van der Waals surface area contributed by atoms with Crippen LogP contribution in [0.5, 0.6) is 11.5 Å². The number of hydrogen-bond donors (Lipinski definition) is 0. The van der Waals surface area contributed by atoms with Crippen LogP contribution >= 0.6 is 0 Å². The van der Waals surface area contributed by atoms with E-state index in [0.717, 1.165) is 5.69 Å². The molecule has 94 valence electrons. The van der Waals surface area contributed by atoms with Crippen LogP contribution in [0, 0.1) is 6.92 Å². The molecule has 0 radical (unpaired) electrons. The number of rotatable bonds is 2. The number of benzene rings is 1. The van der Waals surface area contributed by atoms with Gasteiger partial charge in [-0.1, -0.05) is 0 Å². The zero-order chi connectivity index (χ0) is 12.7. The van der Waals surface area contributed by atoms with Gasteiger partial charge >= 0.3 is 5.69 Å². The fourth-order valence-corrected chi connectivity index (χ4v) is 2.04. The second-order valence-corrected chi connectivity index (χ2v) is 4.02. The highest BCUT2D eigenvalue weighted by molar-refractivity contribution is 5.50. The standard InChI is InChI=1S/C12H13N3O3/c1-3-14-12(16)15(8(2)13-14)9-4-5-10-11(6-9)18-7-17-10/h4-6H,3,7H2,1-2H3. The van der Waals surface area contributed by atoms with E-state index in [1.165, 1.54) is 4.68 Å². The molecule has 0 bridgehead atoms. The van der Waals surface area contributed by atoms with E-state index in [9.17, 15) is 4.79 Å². The van der Waals surface area contributed by atoms with Crippen LogP contribution in [0.2, 0.25) is 0 Å². The van der Waals surface area contributed by atoms with Crippen LogP contribution in [0.4, 0.5) is 0 Å². The summed E-state index contributed by atoms with van der Waals surface area (Å²) in [6.45, 7) is 4.47. The van der Waals surface area contributed by atoms with Gasteiger partial charge in [-0.25, -0.2) is 14.0 Å². The molecule has 3 rings (SSSR count). The van der Waals surface area contributed by atoms with E-state index in [-0.39, 0.29) is 12.5 Å². The fourth-order valence-electron chi connectivity index (χ4n) is 2.04. The largest absolute Gasteiger partial charge is 0.454 e. The summed E-state index contributed by atoms with van der Waals surface area (Å²) in [5.41, 5.74) is 0.593. The third-order valence-electron chi connectivity index (χ3n) is 2.92. The molecule has 0 amide bonds. The van der Waals surface area contributed by atoms with Crippen molar-refractivity contribution in [2.75, 3.05) is 6.79 Å². The molecule has 1 aromatic carbocycles. The topological polar surface area (TPSA) is 58.3 Å². The molecule has 0 N–H and O–H groups in total. The van der Waals surface area contributed by atoms with Gasteiger partial charge in [0.15, 0.2) is 11.5 Å². The summed E-state index contributed by atoms with van der Waals surface area (Å²) in [6, 6.07) is 5.41. The van der Waals surface area contributed by atoms with Crippen LogP contribution < -0.4 is 15.2 Å². The SMILES string of the molecule is CCn1nc(C)n(-c2ccc3c(c2)OCO3)c1=O. The minimum atomic E-state index is -0.145. The Balaban J connectivity index is 2.16. The maximum absolute atomic E-state index is 12.1. The molecule has 0 unspecified atom stereocenters. The molecule has 0 saturated heterocycles. The molecule has 6 heteroatoms. The predicted octanol–water partition coefficient (Wildman–Crippen LogP) is 1.09. The molecule has 1 aliphatic heterocycles. The molecular weight excluding hydrogens is 234 g/mol. The maximum atomic E-state index is 12.1. The smallest absolute Gasteiger partial charge is 0.350 e. The van der Waals surface area contributed by atoms with Crippen molar-refractivity contribution in [2.24, 2.45) is 0 Å². The second kappa shape index (κ2) is 3.90. The van der Waals surface area contributed by atoms with E-state index in [4.69, 9.17) is 9.47 Å². The molecule has 0 fully saturated rings. The van der Waals surface area contributed by atoms with Crippen LogP contribution in [0.1, 0.15) is 12.7 Å². The number of ether oxygens (including phenoxy) is 2. The van der Waals surface area contributed by atoms with Crippen LogP contribution in [0.25, 0.3) is 5.69 Å². The molecular formula is C12H13N3O3. The van der Waals surface area contributed by atoms with Crippen molar-refractivity contribution in [3.05, 3.63) is 34.5 Å². The van der Waals surface area contributed by atoms with Gasteiger partial charge < -0.3 is 9.47 Å². The Hall–Kier alpha value is -2.24. The highest BCUT2D eigenvalue weighted by atomic mass is 16.7. The molecule has 2 aromatic rings. The number of aryl methyl sites for hydroxylation is 2. The van der Waals surface area contributed by atoms with Gasteiger partial charge in [0.1, 0.15) is 5.82 Å². The van der Waals surface area contributed by atoms with Crippen molar-refractivity contribution in [1.29, 1.82) is 0 Å². The summed E-state index contributed by atoms with van der Waals surface area (Å²) in [6.07, 6.45) is 0. The monoisotopic (exact) mass is 247 g/mol. The lowest BCUT2D eigenvalue weighted by Gasteiger charge is -2.03. The Morgan fingerprint density at radius 3 is 2.83 bits per heavy atom. The van der Waals surface area contributed by atoms with E-state index >= 15 is 0 Å². The molecule has 0 saturated carbocycles. The third-order valence-corrected chi connectivity index (χ3v) is 2.92. The third kappa shape index (κ3) is 1.49.